The van der Waals surface area contributed by atoms with Crippen LogP contribution < -0.4 is 5.32 Å². The van der Waals surface area contributed by atoms with Gasteiger partial charge in [0.2, 0.25) is 15.9 Å². The summed E-state index contributed by atoms with van der Waals surface area (Å²) >= 11 is 0. The van der Waals surface area contributed by atoms with E-state index >= 15 is 0 Å². The maximum Gasteiger partial charge on any atom is 0.221 e. The molecule has 0 aromatic carbocycles. The van der Waals surface area contributed by atoms with Gasteiger partial charge in [0, 0.05) is 25.6 Å². The maximum absolute atomic E-state index is 11.4. The normalized spacial score (nSPS) is 12.1. The Hall–Kier alpha value is -0.620. The molecule has 0 aromatic rings. The van der Waals surface area contributed by atoms with Crippen LogP contribution in [0.2, 0.25) is 0 Å². The van der Waals surface area contributed by atoms with Crippen LogP contribution in [0.3, 0.4) is 0 Å². The van der Waals surface area contributed by atoms with Crippen molar-refractivity contribution >= 4 is 15.9 Å². The monoisotopic (exact) mass is 264 g/mol. The number of hydrogen-bond donors (Lipinski definition) is 1. The molecule has 5 nitrogen and oxygen atoms in total. The van der Waals surface area contributed by atoms with Gasteiger partial charge >= 0.3 is 0 Å². The average molecular weight is 264 g/mol. The molecule has 0 aliphatic carbocycles. The minimum Gasteiger partial charge on any atom is -0.356 e. The average Bonchev–Trinajstić information content (AvgIpc) is 2.15. The summed E-state index contributed by atoms with van der Waals surface area (Å²) in [4.78, 5) is 11.4. The predicted molar refractivity (Wildman–Crippen MR) is 69.2 cm³/mol. The van der Waals surface area contributed by atoms with Crippen LogP contribution in [0.25, 0.3) is 0 Å². The highest BCUT2D eigenvalue weighted by Gasteiger charge is 2.20. The summed E-state index contributed by atoms with van der Waals surface area (Å²) in [7, 11) is -3.23. The highest BCUT2D eigenvalue weighted by Crippen LogP contribution is 2.05. The van der Waals surface area contributed by atoms with Crippen molar-refractivity contribution in [3.63, 3.8) is 0 Å². The molecule has 0 heterocycles. The van der Waals surface area contributed by atoms with E-state index in [0.717, 1.165) is 12.8 Å². The molecule has 0 rings (SSSR count). The zero-order valence-corrected chi connectivity index (χ0v) is 12.0. The molecule has 0 aliphatic heterocycles. The number of amides is 1. The third-order valence-corrected chi connectivity index (χ3v) is 3.87. The lowest BCUT2D eigenvalue weighted by atomic mass is 10.3. The quantitative estimate of drug-likeness (QED) is 0.664. The molecule has 6 heteroatoms. The Kier molecular flexibility index (Phi) is 7.38. The van der Waals surface area contributed by atoms with Crippen molar-refractivity contribution in [1.82, 2.24) is 9.62 Å². The molecule has 0 aromatic heterocycles. The Balaban J connectivity index is 4.11. The summed E-state index contributed by atoms with van der Waals surface area (Å²) in [5, 5.41) is 2.77. The summed E-state index contributed by atoms with van der Waals surface area (Å²) in [6.07, 6.45) is 3.37. The number of nitrogens with zero attached hydrogens (tertiary/aromatic N) is 1. The van der Waals surface area contributed by atoms with E-state index in [1.54, 1.807) is 13.8 Å². The van der Waals surface area contributed by atoms with E-state index in [4.69, 9.17) is 0 Å². The van der Waals surface area contributed by atoms with Gasteiger partial charge < -0.3 is 5.32 Å². The van der Waals surface area contributed by atoms with E-state index in [1.165, 1.54) is 10.6 Å². The van der Waals surface area contributed by atoms with Gasteiger partial charge in [0.25, 0.3) is 0 Å². The first kappa shape index (κ1) is 16.4. The van der Waals surface area contributed by atoms with Crippen molar-refractivity contribution in [3.8, 4) is 0 Å². The summed E-state index contributed by atoms with van der Waals surface area (Å²) in [5.74, 6) is -0.0900. The molecule has 0 saturated heterocycles. The van der Waals surface area contributed by atoms with Crippen LogP contribution in [0.15, 0.2) is 0 Å². The minimum atomic E-state index is -3.23. The molecule has 0 fully saturated rings. The van der Waals surface area contributed by atoms with Gasteiger partial charge in [-0.3, -0.25) is 4.79 Å². The van der Waals surface area contributed by atoms with Gasteiger partial charge in [0.05, 0.1) is 6.26 Å². The van der Waals surface area contributed by atoms with E-state index < -0.39 is 10.0 Å². The van der Waals surface area contributed by atoms with Crippen molar-refractivity contribution in [2.24, 2.45) is 0 Å². The molecule has 17 heavy (non-hydrogen) atoms. The molecule has 102 valence electrons. The second-order valence-electron chi connectivity index (χ2n) is 4.42. The van der Waals surface area contributed by atoms with Gasteiger partial charge in [-0.25, -0.2) is 8.42 Å². The van der Waals surface area contributed by atoms with Crippen LogP contribution in [-0.4, -0.2) is 44.0 Å². The first-order valence-electron chi connectivity index (χ1n) is 6.02. The molecular weight excluding hydrogens is 240 g/mol. The van der Waals surface area contributed by atoms with E-state index in [0.29, 0.717) is 6.54 Å². The molecule has 1 N–H and O–H groups in total. The summed E-state index contributed by atoms with van der Waals surface area (Å²) < 4.78 is 24.2. The zero-order chi connectivity index (χ0) is 13.5. The fraction of sp³-hybridized carbons (Fsp3) is 0.909. The minimum absolute atomic E-state index is 0.0900. The largest absolute Gasteiger partial charge is 0.356 e. The van der Waals surface area contributed by atoms with Crippen LogP contribution in [0.5, 0.6) is 0 Å². The standard InChI is InChI=1S/C11H24N2O3S/c1-5-6-8-12-11(14)7-9-13(10(2)3)17(4,15)16/h10H,5-9H2,1-4H3,(H,12,14). The highest BCUT2D eigenvalue weighted by atomic mass is 32.2. The van der Waals surface area contributed by atoms with Crippen LogP contribution in [0.4, 0.5) is 0 Å². The van der Waals surface area contributed by atoms with Crippen LogP contribution >= 0.6 is 0 Å². The Morgan fingerprint density at radius 3 is 2.35 bits per heavy atom. The molecule has 0 aliphatic rings. The zero-order valence-electron chi connectivity index (χ0n) is 11.2. The number of sulfonamides is 1. The number of hydrogen-bond acceptors (Lipinski definition) is 3. The van der Waals surface area contributed by atoms with Crippen molar-refractivity contribution in [2.45, 2.75) is 46.1 Å². The fourth-order valence-corrected chi connectivity index (χ4v) is 2.70. The van der Waals surface area contributed by atoms with Gasteiger partial charge in [0.1, 0.15) is 0 Å². The van der Waals surface area contributed by atoms with Gasteiger partial charge in [-0.05, 0) is 20.3 Å². The van der Waals surface area contributed by atoms with Crippen molar-refractivity contribution in [3.05, 3.63) is 0 Å². The second-order valence-corrected chi connectivity index (χ2v) is 6.36. The number of nitrogens with one attached hydrogen (secondary N) is 1. The highest BCUT2D eigenvalue weighted by molar-refractivity contribution is 7.88. The molecule has 0 atom stereocenters. The number of carbonyl (C=O) groups excluding carboxylic acids is 1. The van der Waals surface area contributed by atoms with Gasteiger partial charge in [0.15, 0.2) is 0 Å². The first-order chi connectivity index (χ1) is 7.79. The Morgan fingerprint density at radius 2 is 1.94 bits per heavy atom. The summed E-state index contributed by atoms with van der Waals surface area (Å²) in [6.45, 7) is 6.56. The molecule has 1 amide bonds. The van der Waals surface area contributed by atoms with Crippen LogP contribution in [0, 0.1) is 0 Å². The van der Waals surface area contributed by atoms with Gasteiger partial charge in [-0.1, -0.05) is 13.3 Å². The van der Waals surface area contributed by atoms with Crippen molar-refractivity contribution < 1.29 is 13.2 Å². The Morgan fingerprint density at radius 1 is 1.35 bits per heavy atom. The Bertz CT molecular complexity index is 326. The van der Waals surface area contributed by atoms with Gasteiger partial charge in [-0.15, -0.1) is 0 Å². The predicted octanol–water partition coefficient (Wildman–Crippen LogP) is 0.963. The van der Waals surface area contributed by atoms with Crippen LogP contribution in [0.1, 0.15) is 40.0 Å². The molecular formula is C11H24N2O3S. The SMILES string of the molecule is CCCCNC(=O)CCN(C(C)C)S(C)(=O)=O. The maximum atomic E-state index is 11.4. The fourth-order valence-electron chi connectivity index (χ4n) is 1.51. The lowest BCUT2D eigenvalue weighted by Crippen LogP contribution is -2.39. The number of unbranched alkanes of at least 4 members (excludes halogenated alkanes) is 1. The number of rotatable bonds is 8. The lowest BCUT2D eigenvalue weighted by molar-refractivity contribution is -0.121. The van der Waals surface area contributed by atoms with Crippen LogP contribution in [-0.2, 0) is 14.8 Å². The Labute approximate surface area is 105 Å². The first-order valence-corrected chi connectivity index (χ1v) is 7.87. The summed E-state index contributed by atoms with van der Waals surface area (Å²) in [6, 6.07) is -0.117. The second kappa shape index (κ2) is 7.66. The molecule has 0 saturated carbocycles. The smallest absolute Gasteiger partial charge is 0.221 e. The van der Waals surface area contributed by atoms with Crippen molar-refractivity contribution in [1.29, 1.82) is 0 Å². The lowest BCUT2D eigenvalue weighted by Gasteiger charge is -2.23. The number of carbonyl (C=O) groups is 1. The van der Waals surface area contributed by atoms with E-state index in [1.807, 2.05) is 0 Å². The van der Waals surface area contributed by atoms with Gasteiger partial charge in [-0.2, -0.15) is 4.31 Å². The molecule has 0 radical (unpaired) electrons. The molecule has 0 bridgehead atoms. The topological polar surface area (TPSA) is 66.5 Å². The van der Waals surface area contributed by atoms with Crippen molar-refractivity contribution in [2.75, 3.05) is 19.3 Å². The molecule has 0 spiro atoms. The third kappa shape index (κ3) is 7.33. The van der Waals surface area contributed by atoms with E-state index in [9.17, 15) is 13.2 Å². The molecule has 0 unspecified atom stereocenters. The third-order valence-electron chi connectivity index (χ3n) is 2.41. The van der Waals surface area contributed by atoms with E-state index in [2.05, 4.69) is 12.2 Å². The summed E-state index contributed by atoms with van der Waals surface area (Å²) in [5.41, 5.74) is 0. The van der Waals surface area contributed by atoms with E-state index in [-0.39, 0.29) is 24.9 Å².